The highest BCUT2D eigenvalue weighted by atomic mass is 16.2. The first-order chi connectivity index (χ1) is 10.9. The van der Waals surface area contributed by atoms with Crippen LogP contribution in [0.4, 0.5) is 5.69 Å². The van der Waals surface area contributed by atoms with Gasteiger partial charge in [-0.05, 0) is 44.9 Å². The number of amides is 2. The maximum absolute atomic E-state index is 12.4. The van der Waals surface area contributed by atoms with Gasteiger partial charge >= 0.3 is 0 Å². The van der Waals surface area contributed by atoms with Gasteiger partial charge in [-0.3, -0.25) is 14.6 Å². The largest absolute Gasteiger partial charge is 0.350 e. The molecule has 1 aromatic heterocycles. The second kappa shape index (κ2) is 7.05. The fraction of sp³-hybridized carbons (Fsp3) is 0.278. The fourth-order valence-electron chi connectivity index (χ4n) is 2.23. The number of aryl methyl sites for hydroxylation is 2. The van der Waals surface area contributed by atoms with E-state index in [4.69, 9.17) is 0 Å². The van der Waals surface area contributed by atoms with Crippen molar-refractivity contribution in [2.75, 3.05) is 5.32 Å². The minimum atomic E-state index is -0.283. The summed E-state index contributed by atoms with van der Waals surface area (Å²) in [6.07, 6.45) is 2.91. The van der Waals surface area contributed by atoms with E-state index in [1.54, 1.807) is 6.07 Å². The Hall–Kier alpha value is -2.69. The van der Waals surface area contributed by atoms with E-state index in [-0.39, 0.29) is 17.9 Å². The second-order valence-corrected chi connectivity index (χ2v) is 5.81. The lowest BCUT2D eigenvalue weighted by atomic mass is 10.1. The molecule has 2 aromatic rings. The SMILES string of the molecule is Cc1cccc(C)c1NC(=O)c1cncc(C(=O)NC(C)C)c1. The molecule has 0 aliphatic rings. The fourth-order valence-corrected chi connectivity index (χ4v) is 2.23. The van der Waals surface area contributed by atoms with Crippen molar-refractivity contribution < 1.29 is 9.59 Å². The topological polar surface area (TPSA) is 71.1 Å². The number of pyridine rings is 1. The predicted octanol–water partition coefficient (Wildman–Crippen LogP) is 3.09. The zero-order valence-electron chi connectivity index (χ0n) is 13.8. The van der Waals surface area contributed by atoms with Crippen molar-refractivity contribution in [2.24, 2.45) is 0 Å². The molecule has 0 saturated carbocycles. The third kappa shape index (κ3) is 4.16. The summed E-state index contributed by atoms with van der Waals surface area (Å²) in [7, 11) is 0. The normalized spacial score (nSPS) is 10.5. The van der Waals surface area contributed by atoms with Crippen LogP contribution in [-0.4, -0.2) is 22.8 Å². The van der Waals surface area contributed by atoms with E-state index in [1.165, 1.54) is 12.4 Å². The molecule has 0 unspecified atom stereocenters. The molecule has 2 N–H and O–H groups in total. The van der Waals surface area contributed by atoms with Gasteiger partial charge in [0.05, 0.1) is 11.1 Å². The highest BCUT2D eigenvalue weighted by Gasteiger charge is 2.13. The summed E-state index contributed by atoms with van der Waals surface area (Å²) in [5.74, 6) is -0.525. The number of hydrogen-bond acceptors (Lipinski definition) is 3. The first kappa shape index (κ1) is 16.7. The average molecular weight is 311 g/mol. The lowest BCUT2D eigenvalue weighted by molar-refractivity contribution is 0.0942. The van der Waals surface area contributed by atoms with Crippen LogP contribution in [0.2, 0.25) is 0 Å². The van der Waals surface area contributed by atoms with Crippen LogP contribution in [0, 0.1) is 13.8 Å². The van der Waals surface area contributed by atoms with Crippen LogP contribution in [0.1, 0.15) is 45.7 Å². The number of para-hydroxylation sites is 1. The van der Waals surface area contributed by atoms with E-state index in [0.717, 1.165) is 16.8 Å². The third-order valence-electron chi connectivity index (χ3n) is 3.40. The molecule has 120 valence electrons. The van der Waals surface area contributed by atoms with Crippen LogP contribution in [0.5, 0.6) is 0 Å². The van der Waals surface area contributed by atoms with Gasteiger partial charge in [0.25, 0.3) is 11.8 Å². The molecule has 2 rings (SSSR count). The number of carbonyl (C=O) groups is 2. The van der Waals surface area contributed by atoms with Gasteiger partial charge in [-0.25, -0.2) is 0 Å². The van der Waals surface area contributed by atoms with E-state index in [2.05, 4.69) is 15.6 Å². The van der Waals surface area contributed by atoms with Crippen molar-refractivity contribution in [1.82, 2.24) is 10.3 Å². The van der Waals surface area contributed by atoms with Crippen molar-refractivity contribution >= 4 is 17.5 Å². The van der Waals surface area contributed by atoms with Gasteiger partial charge in [-0.1, -0.05) is 18.2 Å². The number of aromatic nitrogens is 1. The number of nitrogens with one attached hydrogen (secondary N) is 2. The number of benzene rings is 1. The zero-order valence-corrected chi connectivity index (χ0v) is 13.8. The molecule has 0 bridgehead atoms. The first-order valence-electron chi connectivity index (χ1n) is 7.52. The Bertz CT molecular complexity index is 719. The maximum atomic E-state index is 12.4. The predicted molar refractivity (Wildman–Crippen MR) is 90.7 cm³/mol. The highest BCUT2D eigenvalue weighted by molar-refractivity contribution is 6.06. The number of carbonyl (C=O) groups excluding carboxylic acids is 2. The van der Waals surface area contributed by atoms with Crippen LogP contribution in [0.15, 0.2) is 36.7 Å². The summed E-state index contributed by atoms with van der Waals surface area (Å²) in [4.78, 5) is 28.4. The Morgan fingerprint density at radius 2 is 1.57 bits per heavy atom. The summed E-state index contributed by atoms with van der Waals surface area (Å²) in [6.45, 7) is 7.63. The molecular formula is C18H21N3O2. The molecule has 0 radical (unpaired) electrons. The summed E-state index contributed by atoms with van der Waals surface area (Å²) in [6, 6.07) is 7.39. The third-order valence-corrected chi connectivity index (χ3v) is 3.40. The summed E-state index contributed by atoms with van der Waals surface area (Å²) < 4.78 is 0. The molecule has 0 spiro atoms. The Balaban J connectivity index is 2.22. The van der Waals surface area contributed by atoms with Gasteiger partial charge in [0.1, 0.15) is 0 Å². The van der Waals surface area contributed by atoms with Gasteiger partial charge in [0.15, 0.2) is 0 Å². The Kier molecular flexibility index (Phi) is 5.11. The number of nitrogens with zero attached hydrogens (tertiary/aromatic N) is 1. The highest BCUT2D eigenvalue weighted by Crippen LogP contribution is 2.20. The Morgan fingerprint density at radius 3 is 2.13 bits per heavy atom. The standard InChI is InChI=1S/C18H21N3O2/c1-11(2)20-17(22)14-8-15(10-19-9-14)18(23)21-16-12(3)6-5-7-13(16)4/h5-11H,1-4H3,(H,20,22)(H,21,23). The first-order valence-corrected chi connectivity index (χ1v) is 7.52. The van der Waals surface area contributed by atoms with Gasteiger partial charge in [-0.2, -0.15) is 0 Å². The number of rotatable bonds is 4. The van der Waals surface area contributed by atoms with E-state index in [9.17, 15) is 9.59 Å². The lowest BCUT2D eigenvalue weighted by Gasteiger charge is -2.12. The van der Waals surface area contributed by atoms with Crippen molar-refractivity contribution in [2.45, 2.75) is 33.7 Å². The zero-order chi connectivity index (χ0) is 17.0. The number of hydrogen-bond donors (Lipinski definition) is 2. The van der Waals surface area contributed by atoms with E-state index in [1.807, 2.05) is 45.9 Å². The molecule has 1 aromatic carbocycles. The molecule has 5 heteroatoms. The van der Waals surface area contributed by atoms with Gasteiger partial charge in [-0.15, -0.1) is 0 Å². The van der Waals surface area contributed by atoms with Gasteiger partial charge in [0, 0.05) is 24.1 Å². The Morgan fingerprint density at radius 1 is 1.00 bits per heavy atom. The molecule has 0 atom stereocenters. The van der Waals surface area contributed by atoms with Crippen LogP contribution in [0.3, 0.4) is 0 Å². The average Bonchev–Trinajstić information content (AvgIpc) is 2.50. The van der Waals surface area contributed by atoms with E-state index >= 15 is 0 Å². The minimum Gasteiger partial charge on any atom is -0.350 e. The molecule has 5 nitrogen and oxygen atoms in total. The summed E-state index contributed by atoms with van der Waals surface area (Å²) in [5.41, 5.74) is 3.48. The maximum Gasteiger partial charge on any atom is 0.257 e. The van der Waals surface area contributed by atoms with Crippen LogP contribution in [-0.2, 0) is 0 Å². The monoisotopic (exact) mass is 311 g/mol. The lowest BCUT2D eigenvalue weighted by Crippen LogP contribution is -2.30. The van der Waals surface area contributed by atoms with Crippen molar-refractivity contribution in [1.29, 1.82) is 0 Å². The van der Waals surface area contributed by atoms with E-state index < -0.39 is 0 Å². The van der Waals surface area contributed by atoms with Crippen LogP contribution < -0.4 is 10.6 Å². The van der Waals surface area contributed by atoms with E-state index in [0.29, 0.717) is 11.1 Å². The molecule has 0 saturated heterocycles. The van der Waals surface area contributed by atoms with Crippen LogP contribution in [0.25, 0.3) is 0 Å². The molecular weight excluding hydrogens is 290 g/mol. The van der Waals surface area contributed by atoms with Crippen molar-refractivity contribution in [3.05, 3.63) is 58.9 Å². The van der Waals surface area contributed by atoms with Crippen LogP contribution >= 0.6 is 0 Å². The summed E-state index contributed by atoms with van der Waals surface area (Å²) >= 11 is 0. The number of anilines is 1. The molecule has 0 fully saturated rings. The quantitative estimate of drug-likeness (QED) is 0.911. The molecule has 0 aliphatic heterocycles. The van der Waals surface area contributed by atoms with Gasteiger partial charge in [0.2, 0.25) is 0 Å². The minimum absolute atomic E-state index is 0.0228. The second-order valence-electron chi connectivity index (χ2n) is 5.81. The molecule has 0 aliphatic carbocycles. The molecule has 23 heavy (non-hydrogen) atoms. The molecule has 1 heterocycles. The smallest absolute Gasteiger partial charge is 0.257 e. The molecule has 2 amide bonds. The Labute approximate surface area is 136 Å². The van der Waals surface area contributed by atoms with Crippen molar-refractivity contribution in [3.8, 4) is 0 Å². The van der Waals surface area contributed by atoms with Gasteiger partial charge < -0.3 is 10.6 Å². The summed E-state index contributed by atoms with van der Waals surface area (Å²) in [5, 5.41) is 5.67. The van der Waals surface area contributed by atoms with Crippen molar-refractivity contribution in [3.63, 3.8) is 0 Å².